The number of hydrogen-bond acceptors (Lipinski definition) is 4. The quantitative estimate of drug-likeness (QED) is 0.753. The van der Waals surface area contributed by atoms with Crippen LogP contribution < -0.4 is 9.64 Å². The van der Waals surface area contributed by atoms with Crippen LogP contribution in [-0.2, 0) is 14.4 Å². The monoisotopic (exact) mass is 274 g/mol. The lowest BCUT2D eigenvalue weighted by molar-refractivity contribution is -0.130. The molecule has 0 saturated carbocycles. The minimum atomic E-state index is -0.369. The third-order valence-corrected chi connectivity index (χ3v) is 2.77. The van der Waals surface area contributed by atoms with Gasteiger partial charge < -0.3 is 9.64 Å². The van der Waals surface area contributed by atoms with Crippen LogP contribution in [0.2, 0.25) is 0 Å². The van der Waals surface area contributed by atoms with Crippen LogP contribution >= 0.6 is 0 Å². The zero-order valence-corrected chi connectivity index (χ0v) is 11.2. The van der Waals surface area contributed by atoms with Crippen molar-refractivity contribution in [3.63, 3.8) is 0 Å². The molecule has 0 atom stereocenters. The zero-order chi connectivity index (χ0) is 14.7. The van der Waals surface area contributed by atoms with E-state index in [4.69, 9.17) is 4.74 Å². The first kappa shape index (κ1) is 13.8. The number of carbonyl (C=O) groups is 3. The van der Waals surface area contributed by atoms with Crippen molar-refractivity contribution in [3.05, 3.63) is 36.4 Å². The number of ether oxygens (including phenoxy) is 1. The fourth-order valence-electron chi connectivity index (χ4n) is 1.62. The molecule has 0 radical (unpaired) electrons. The number of hydrogen-bond donors (Lipinski definition) is 0. The van der Waals surface area contributed by atoms with Crippen LogP contribution in [-0.4, -0.2) is 43.3 Å². The Balaban J connectivity index is 2.02. The van der Waals surface area contributed by atoms with Gasteiger partial charge in [0.05, 0.1) is 5.69 Å². The number of likely N-dealkylation sites (N-methyl/N-ethyl adjacent to an activating group) is 1. The number of carbonyl (C=O) groups excluding carboxylic acids is 3. The van der Waals surface area contributed by atoms with Gasteiger partial charge in [0, 0.05) is 26.2 Å². The Bertz CT molecular complexity index is 557. The highest BCUT2D eigenvalue weighted by Crippen LogP contribution is 2.22. The Morgan fingerprint density at radius 1 is 1.10 bits per heavy atom. The van der Waals surface area contributed by atoms with Crippen LogP contribution in [0.1, 0.15) is 0 Å². The minimum absolute atomic E-state index is 0.0600. The SMILES string of the molecule is CN(C)C(=O)COc1ccc(N2C(=O)C=CC2=O)cc1. The first-order valence-corrected chi connectivity index (χ1v) is 5.98. The maximum atomic E-state index is 11.5. The van der Waals surface area contributed by atoms with Crippen LogP contribution in [0.15, 0.2) is 36.4 Å². The van der Waals surface area contributed by atoms with Gasteiger partial charge in [-0.25, -0.2) is 4.90 Å². The van der Waals surface area contributed by atoms with E-state index in [-0.39, 0.29) is 24.3 Å². The summed E-state index contributed by atoms with van der Waals surface area (Å²) in [5.74, 6) is -0.392. The number of amides is 3. The van der Waals surface area contributed by atoms with E-state index >= 15 is 0 Å². The van der Waals surface area contributed by atoms with Crippen molar-refractivity contribution < 1.29 is 19.1 Å². The maximum Gasteiger partial charge on any atom is 0.259 e. The van der Waals surface area contributed by atoms with E-state index in [0.29, 0.717) is 11.4 Å². The Morgan fingerprint density at radius 2 is 1.65 bits per heavy atom. The molecule has 104 valence electrons. The van der Waals surface area contributed by atoms with Gasteiger partial charge >= 0.3 is 0 Å². The van der Waals surface area contributed by atoms with E-state index in [9.17, 15) is 14.4 Å². The number of nitrogens with zero attached hydrogens (tertiary/aromatic N) is 2. The van der Waals surface area contributed by atoms with E-state index in [1.54, 1.807) is 38.4 Å². The second kappa shape index (κ2) is 5.56. The first-order chi connectivity index (χ1) is 9.49. The molecule has 0 bridgehead atoms. The molecule has 0 saturated heterocycles. The van der Waals surface area contributed by atoms with E-state index in [0.717, 1.165) is 4.90 Å². The summed E-state index contributed by atoms with van der Waals surface area (Å²) in [6.45, 7) is -0.0600. The molecular formula is C14H14N2O4. The topological polar surface area (TPSA) is 66.9 Å². The van der Waals surface area contributed by atoms with Gasteiger partial charge in [0.2, 0.25) is 0 Å². The van der Waals surface area contributed by atoms with Crippen molar-refractivity contribution in [1.29, 1.82) is 0 Å². The molecule has 6 heteroatoms. The summed E-state index contributed by atoms with van der Waals surface area (Å²) in [6.07, 6.45) is 2.45. The van der Waals surface area contributed by atoms with Crippen molar-refractivity contribution in [2.45, 2.75) is 0 Å². The zero-order valence-electron chi connectivity index (χ0n) is 11.2. The largest absolute Gasteiger partial charge is 0.484 e. The molecule has 0 aromatic heterocycles. The van der Waals surface area contributed by atoms with Gasteiger partial charge in [-0.15, -0.1) is 0 Å². The third-order valence-electron chi connectivity index (χ3n) is 2.77. The second-order valence-corrected chi connectivity index (χ2v) is 4.42. The van der Waals surface area contributed by atoms with E-state index in [1.165, 1.54) is 17.1 Å². The summed E-state index contributed by atoms with van der Waals surface area (Å²) >= 11 is 0. The Kier molecular flexibility index (Phi) is 3.84. The highest BCUT2D eigenvalue weighted by Gasteiger charge is 2.24. The normalized spacial score (nSPS) is 13.8. The molecule has 3 amide bonds. The fraction of sp³-hybridized carbons (Fsp3) is 0.214. The summed E-state index contributed by atoms with van der Waals surface area (Å²) in [7, 11) is 3.29. The average Bonchev–Trinajstić information content (AvgIpc) is 2.76. The van der Waals surface area contributed by atoms with Crippen molar-refractivity contribution in [2.75, 3.05) is 25.6 Å². The molecular weight excluding hydrogens is 260 g/mol. The maximum absolute atomic E-state index is 11.5. The summed E-state index contributed by atoms with van der Waals surface area (Å²) < 4.78 is 5.31. The molecule has 1 heterocycles. The van der Waals surface area contributed by atoms with Crippen LogP contribution in [0.4, 0.5) is 5.69 Å². The van der Waals surface area contributed by atoms with Crippen LogP contribution in [0, 0.1) is 0 Å². The molecule has 0 aliphatic carbocycles. The third kappa shape index (κ3) is 2.85. The van der Waals surface area contributed by atoms with Gasteiger partial charge in [-0.1, -0.05) is 0 Å². The molecule has 1 aromatic rings. The highest BCUT2D eigenvalue weighted by molar-refractivity contribution is 6.28. The first-order valence-electron chi connectivity index (χ1n) is 5.98. The number of imide groups is 1. The molecule has 6 nitrogen and oxygen atoms in total. The lowest BCUT2D eigenvalue weighted by Crippen LogP contribution is -2.29. The number of rotatable bonds is 4. The summed E-state index contributed by atoms with van der Waals surface area (Å²) in [5, 5.41) is 0. The smallest absolute Gasteiger partial charge is 0.259 e. The van der Waals surface area contributed by atoms with Gasteiger partial charge in [-0.3, -0.25) is 14.4 Å². The molecule has 0 N–H and O–H groups in total. The predicted molar refractivity (Wildman–Crippen MR) is 72.3 cm³/mol. The van der Waals surface area contributed by atoms with E-state index < -0.39 is 0 Å². The van der Waals surface area contributed by atoms with Crippen LogP contribution in [0.3, 0.4) is 0 Å². The van der Waals surface area contributed by atoms with Gasteiger partial charge in [-0.05, 0) is 24.3 Å². The Hall–Kier alpha value is -2.63. The molecule has 1 aliphatic rings. The number of benzene rings is 1. The molecule has 0 spiro atoms. The lowest BCUT2D eigenvalue weighted by Gasteiger charge is -2.15. The van der Waals surface area contributed by atoms with Crippen molar-refractivity contribution in [1.82, 2.24) is 4.90 Å². The molecule has 0 unspecified atom stereocenters. The summed E-state index contributed by atoms with van der Waals surface area (Å²) in [4.78, 5) is 36.9. The van der Waals surface area contributed by atoms with E-state index in [1.807, 2.05) is 0 Å². The van der Waals surface area contributed by atoms with Crippen molar-refractivity contribution in [2.24, 2.45) is 0 Å². The van der Waals surface area contributed by atoms with Crippen LogP contribution in [0.25, 0.3) is 0 Å². The minimum Gasteiger partial charge on any atom is -0.484 e. The van der Waals surface area contributed by atoms with E-state index in [2.05, 4.69) is 0 Å². The summed E-state index contributed by atoms with van der Waals surface area (Å²) in [6, 6.07) is 6.41. The Labute approximate surface area is 116 Å². The Morgan fingerprint density at radius 3 is 2.15 bits per heavy atom. The van der Waals surface area contributed by atoms with Gasteiger partial charge in [-0.2, -0.15) is 0 Å². The van der Waals surface area contributed by atoms with Gasteiger partial charge in [0.15, 0.2) is 6.61 Å². The van der Waals surface area contributed by atoms with Crippen LogP contribution in [0.5, 0.6) is 5.75 Å². The predicted octanol–water partition coefficient (Wildman–Crippen LogP) is 0.583. The van der Waals surface area contributed by atoms with Crippen molar-refractivity contribution in [3.8, 4) is 5.75 Å². The fourth-order valence-corrected chi connectivity index (χ4v) is 1.62. The molecule has 1 aliphatic heterocycles. The highest BCUT2D eigenvalue weighted by atomic mass is 16.5. The average molecular weight is 274 g/mol. The summed E-state index contributed by atoms with van der Waals surface area (Å²) in [5.41, 5.74) is 0.469. The van der Waals surface area contributed by atoms with Crippen molar-refractivity contribution >= 4 is 23.4 Å². The number of anilines is 1. The molecule has 1 aromatic carbocycles. The molecule has 2 rings (SSSR count). The lowest BCUT2D eigenvalue weighted by atomic mass is 10.3. The second-order valence-electron chi connectivity index (χ2n) is 4.42. The molecule has 0 fully saturated rings. The molecule has 20 heavy (non-hydrogen) atoms. The standard InChI is InChI=1S/C14H14N2O4/c1-15(2)14(19)9-20-11-5-3-10(4-6-11)16-12(17)7-8-13(16)18/h3-8H,9H2,1-2H3. The van der Waals surface area contributed by atoms with Gasteiger partial charge in [0.1, 0.15) is 5.75 Å². The van der Waals surface area contributed by atoms with Gasteiger partial charge in [0.25, 0.3) is 17.7 Å².